The molecule has 1 heterocycles. The largest absolute Gasteiger partial charge is 0.504 e. The highest BCUT2D eigenvalue weighted by Gasteiger charge is 2.53. The van der Waals surface area contributed by atoms with Crippen LogP contribution in [0.3, 0.4) is 0 Å². The topological polar surface area (TPSA) is 109 Å². The zero-order chi connectivity index (χ0) is 29.2. The number of aromatic nitrogens is 1. The van der Waals surface area contributed by atoms with E-state index in [4.69, 9.17) is 14.8 Å². The number of hydrogen-bond donors (Lipinski definition) is 3. The van der Waals surface area contributed by atoms with Crippen LogP contribution in [0.5, 0.6) is 11.5 Å². The van der Waals surface area contributed by atoms with Crippen LogP contribution in [0.1, 0.15) is 54.4 Å². The van der Waals surface area contributed by atoms with Crippen molar-refractivity contribution in [1.29, 1.82) is 0 Å². The average molecular weight is 618 g/mol. The molecule has 212 valence electrons. The molecular weight excluding hydrogens is 584 g/mol. The Balaban J connectivity index is 0.000000321. The molecule has 0 spiro atoms. The summed E-state index contributed by atoms with van der Waals surface area (Å²) in [6.45, 7) is 1.96. The number of rotatable bonds is 5. The van der Waals surface area contributed by atoms with Gasteiger partial charge < -0.3 is 20.3 Å². The molecule has 0 aliphatic heterocycles. The van der Waals surface area contributed by atoms with Crippen molar-refractivity contribution < 1.29 is 24.5 Å². The summed E-state index contributed by atoms with van der Waals surface area (Å²) >= 11 is 3.54. The van der Waals surface area contributed by atoms with Crippen molar-refractivity contribution in [2.24, 2.45) is 5.41 Å². The zero-order valence-corrected chi connectivity index (χ0v) is 24.7. The maximum absolute atomic E-state index is 13.8. The molecule has 1 aromatic heterocycles. The van der Waals surface area contributed by atoms with E-state index in [0.29, 0.717) is 49.8 Å². The molecule has 0 unspecified atom stereocenters. The summed E-state index contributed by atoms with van der Waals surface area (Å²) in [5, 5.41) is 22.8. The van der Waals surface area contributed by atoms with Crippen LogP contribution in [0.2, 0.25) is 0 Å². The van der Waals surface area contributed by atoms with E-state index >= 15 is 0 Å². The normalized spacial score (nSPS) is 21.0. The number of carbonyl (C=O) groups excluding carboxylic acids is 1. The first-order valence-electron chi connectivity index (χ1n) is 13.7. The first-order valence-corrected chi connectivity index (χ1v) is 14.5. The smallest absolute Gasteiger partial charge is 0.309 e. The molecule has 0 radical (unpaired) electrons. The maximum Gasteiger partial charge on any atom is 0.309 e. The molecule has 1 amide bonds. The minimum atomic E-state index is -0.689. The number of para-hydroxylation sites is 2. The summed E-state index contributed by atoms with van der Waals surface area (Å²) in [6.07, 6.45) is 4.01. The van der Waals surface area contributed by atoms with Gasteiger partial charge in [-0.25, -0.2) is 4.98 Å². The van der Waals surface area contributed by atoms with E-state index in [9.17, 15) is 14.7 Å². The van der Waals surface area contributed by atoms with E-state index in [-0.39, 0.29) is 17.2 Å². The fourth-order valence-corrected chi connectivity index (χ4v) is 6.49. The Kier molecular flexibility index (Phi) is 8.04. The lowest BCUT2D eigenvalue weighted by molar-refractivity contribution is -0.156. The predicted octanol–water partition coefficient (Wildman–Crippen LogP) is 7.28. The number of nitrogens with one attached hydrogen (secondary N) is 1. The fourth-order valence-electron chi connectivity index (χ4n) is 6.13. The van der Waals surface area contributed by atoms with Gasteiger partial charge in [-0.1, -0.05) is 58.4 Å². The molecule has 7 nitrogen and oxygen atoms in total. The second-order valence-electron chi connectivity index (χ2n) is 11.0. The van der Waals surface area contributed by atoms with Crippen LogP contribution in [0.15, 0.2) is 77.3 Å². The zero-order valence-electron chi connectivity index (χ0n) is 23.1. The third-order valence-electron chi connectivity index (χ3n) is 8.63. The third kappa shape index (κ3) is 5.66. The Morgan fingerprint density at radius 2 is 1.56 bits per heavy atom. The van der Waals surface area contributed by atoms with Crippen molar-refractivity contribution in [3.8, 4) is 22.8 Å². The van der Waals surface area contributed by atoms with Gasteiger partial charge in [0, 0.05) is 21.0 Å². The molecular formula is C33H33BrN2O5. The number of hydrogen-bond acceptors (Lipinski definition) is 5. The lowest BCUT2D eigenvalue weighted by atomic mass is 9.57. The number of carbonyl (C=O) groups is 2. The predicted molar refractivity (Wildman–Crippen MR) is 162 cm³/mol. The highest BCUT2D eigenvalue weighted by Crippen LogP contribution is 2.52. The van der Waals surface area contributed by atoms with Gasteiger partial charge in [-0.15, -0.1) is 0 Å². The van der Waals surface area contributed by atoms with Crippen LogP contribution in [0.4, 0.5) is 0 Å². The summed E-state index contributed by atoms with van der Waals surface area (Å²) in [5.74, 6) is -0.0992. The molecule has 0 saturated heterocycles. The minimum absolute atomic E-state index is 0.102. The first kappa shape index (κ1) is 28.6. The number of amides is 1. The lowest BCUT2D eigenvalue weighted by Gasteiger charge is -2.51. The highest BCUT2D eigenvalue weighted by atomic mass is 79.9. The number of methoxy groups -OCH3 is 1. The molecule has 3 aromatic carbocycles. The van der Waals surface area contributed by atoms with Crippen molar-refractivity contribution in [3.05, 3.63) is 88.4 Å². The molecule has 7 rings (SSSR count). The van der Waals surface area contributed by atoms with E-state index in [0.717, 1.165) is 32.2 Å². The van der Waals surface area contributed by atoms with Gasteiger partial charge in [0.2, 0.25) is 0 Å². The molecule has 3 saturated carbocycles. The Bertz CT molecular complexity index is 1580. The van der Waals surface area contributed by atoms with Gasteiger partial charge >= 0.3 is 5.97 Å². The summed E-state index contributed by atoms with van der Waals surface area (Å²) in [6, 6.07) is 22.6. The Morgan fingerprint density at radius 3 is 2.15 bits per heavy atom. The van der Waals surface area contributed by atoms with Crippen LogP contribution in [0, 0.1) is 12.3 Å². The number of ether oxygens (including phenoxy) is 1. The number of nitrogens with zero attached hydrogens (tertiary/aromatic N) is 1. The van der Waals surface area contributed by atoms with Crippen molar-refractivity contribution in [3.63, 3.8) is 0 Å². The molecule has 3 N–H and O–H groups in total. The number of pyridine rings is 1. The number of halogens is 1. The summed E-state index contributed by atoms with van der Waals surface area (Å²) < 4.78 is 5.69. The van der Waals surface area contributed by atoms with Gasteiger partial charge in [0.25, 0.3) is 5.91 Å². The number of carboxylic acids is 1. The van der Waals surface area contributed by atoms with Gasteiger partial charge in [-0.3, -0.25) is 9.59 Å². The molecule has 2 bridgehead atoms. The Labute approximate surface area is 247 Å². The van der Waals surface area contributed by atoms with Crippen molar-refractivity contribution in [2.75, 3.05) is 7.11 Å². The number of phenolic OH excluding ortho intramolecular Hbond substituents is 1. The number of fused-ring (bicyclic) bond motifs is 4. The van der Waals surface area contributed by atoms with E-state index in [1.165, 1.54) is 7.11 Å². The first-order chi connectivity index (χ1) is 19.7. The minimum Gasteiger partial charge on any atom is -0.504 e. The molecule has 41 heavy (non-hydrogen) atoms. The average Bonchev–Trinajstić information content (AvgIpc) is 2.98. The summed E-state index contributed by atoms with van der Waals surface area (Å²) in [4.78, 5) is 30.4. The van der Waals surface area contributed by atoms with Gasteiger partial charge in [0.05, 0.1) is 29.3 Å². The van der Waals surface area contributed by atoms with Gasteiger partial charge in [0.1, 0.15) is 0 Å². The molecule has 8 heteroatoms. The Hall–Kier alpha value is -3.91. The van der Waals surface area contributed by atoms with E-state index < -0.39 is 11.4 Å². The number of aliphatic carboxylic acids is 1. The van der Waals surface area contributed by atoms with Gasteiger partial charge in [-0.2, -0.15) is 0 Å². The lowest BCUT2D eigenvalue weighted by Crippen LogP contribution is -2.58. The van der Waals surface area contributed by atoms with Crippen molar-refractivity contribution in [2.45, 2.75) is 51.0 Å². The molecule has 3 fully saturated rings. The molecule has 3 aliphatic carbocycles. The summed E-state index contributed by atoms with van der Waals surface area (Å²) in [7, 11) is 1.52. The molecule has 0 atom stereocenters. The molecule has 3 aliphatic rings. The SMILES string of the molecule is COc1ccccc1O.Cc1c(-c2ccccc2)nc2ccc(Br)cc2c1C(=O)NC12CCC(C(=O)O)(CC1)CC2. The van der Waals surface area contributed by atoms with Crippen molar-refractivity contribution in [1.82, 2.24) is 10.3 Å². The number of benzene rings is 3. The van der Waals surface area contributed by atoms with E-state index in [1.54, 1.807) is 24.3 Å². The van der Waals surface area contributed by atoms with Crippen LogP contribution >= 0.6 is 15.9 Å². The van der Waals surface area contributed by atoms with Crippen LogP contribution in [-0.4, -0.2) is 39.7 Å². The Morgan fingerprint density at radius 1 is 0.927 bits per heavy atom. The molecule has 4 aromatic rings. The number of carboxylic acid groups (broad SMARTS) is 1. The monoisotopic (exact) mass is 616 g/mol. The number of aromatic hydroxyl groups is 1. The number of phenols is 1. The quantitative estimate of drug-likeness (QED) is 0.217. The van der Waals surface area contributed by atoms with E-state index in [1.807, 2.05) is 55.5 Å². The van der Waals surface area contributed by atoms with Gasteiger partial charge in [-0.05, 0) is 81.3 Å². The van der Waals surface area contributed by atoms with E-state index in [2.05, 4.69) is 21.2 Å². The fraction of sp³-hybridized carbons (Fsp3) is 0.303. The third-order valence-corrected chi connectivity index (χ3v) is 9.12. The van der Waals surface area contributed by atoms with Crippen LogP contribution in [0.25, 0.3) is 22.2 Å². The van der Waals surface area contributed by atoms with Crippen LogP contribution < -0.4 is 10.1 Å². The second kappa shape index (κ2) is 11.5. The second-order valence-corrected chi connectivity index (χ2v) is 11.9. The summed E-state index contributed by atoms with van der Waals surface area (Å²) in [5.41, 5.74) is 3.13. The van der Waals surface area contributed by atoms with Gasteiger partial charge in [0.15, 0.2) is 11.5 Å². The van der Waals surface area contributed by atoms with Crippen molar-refractivity contribution >= 4 is 38.7 Å². The highest BCUT2D eigenvalue weighted by molar-refractivity contribution is 9.10. The standard InChI is InChI=1S/C26H25BrN2O3.C7H8O2/c1-16-21(23(30)29-26-12-9-25(10-13-26,11-14-26)24(31)32)19-15-18(27)7-8-20(19)28-22(16)17-5-3-2-4-6-17;1-9-7-5-3-2-4-6(7)8/h2-8,15H,9-14H2,1H3,(H,29,30)(H,31,32);2-5,8H,1H3. The maximum atomic E-state index is 13.8. The van der Waals surface area contributed by atoms with Crippen LogP contribution in [-0.2, 0) is 4.79 Å².